The molecule has 42 heavy (non-hydrogen) atoms. The molecule has 3 saturated heterocycles. The first-order valence-electron chi connectivity index (χ1n) is 15.3. The number of anilines is 1. The van der Waals surface area contributed by atoms with Gasteiger partial charge < -0.3 is 25.0 Å². The highest BCUT2D eigenvalue weighted by Crippen LogP contribution is 2.38. The molecule has 2 N–H and O–H groups in total. The minimum atomic E-state index is -0.707. The molecule has 226 valence electrons. The SMILES string of the molecule is CC(C)(C)OC(=O)N1C2CCC1CC(Nc1cc(C(=O)N3CC[C@H](N4CCc5ccccc5C4)[C@@H](O)C3)c(F)cn1)C2. The van der Waals surface area contributed by atoms with Gasteiger partial charge in [-0.2, -0.15) is 0 Å². The predicted molar refractivity (Wildman–Crippen MR) is 157 cm³/mol. The third kappa shape index (κ3) is 5.97. The van der Waals surface area contributed by atoms with Crippen molar-refractivity contribution in [1.29, 1.82) is 0 Å². The predicted octanol–water partition coefficient (Wildman–Crippen LogP) is 4.20. The van der Waals surface area contributed by atoms with Gasteiger partial charge in [-0.1, -0.05) is 24.3 Å². The minimum absolute atomic E-state index is 0.0381. The Balaban J connectivity index is 1.07. The van der Waals surface area contributed by atoms with Gasteiger partial charge in [0.05, 0.1) is 17.9 Å². The van der Waals surface area contributed by atoms with Crippen LogP contribution in [0.3, 0.4) is 0 Å². The Kier molecular flexibility index (Phi) is 7.87. The second-order valence-electron chi connectivity index (χ2n) is 13.3. The Hall–Kier alpha value is -3.24. The Labute approximate surface area is 247 Å². The second kappa shape index (κ2) is 11.4. The minimum Gasteiger partial charge on any atom is -0.444 e. The monoisotopic (exact) mass is 579 g/mol. The van der Waals surface area contributed by atoms with Gasteiger partial charge in [0.2, 0.25) is 0 Å². The van der Waals surface area contributed by atoms with E-state index < -0.39 is 23.4 Å². The molecule has 3 fully saturated rings. The number of β-amino-alcohol motifs (C(OH)–C–C–N with tert-alkyl or cyclic N) is 1. The molecular formula is C32H42FN5O4. The summed E-state index contributed by atoms with van der Waals surface area (Å²) in [6.07, 6.45) is 5.01. The van der Waals surface area contributed by atoms with E-state index in [0.29, 0.717) is 18.8 Å². The number of halogens is 1. The molecule has 2 unspecified atom stereocenters. The lowest BCUT2D eigenvalue weighted by atomic mass is 9.94. The number of nitrogens with zero attached hydrogens (tertiary/aromatic N) is 4. The number of fused-ring (bicyclic) bond motifs is 3. The number of hydrogen-bond acceptors (Lipinski definition) is 7. The van der Waals surface area contributed by atoms with Crippen molar-refractivity contribution in [2.24, 2.45) is 0 Å². The Morgan fingerprint density at radius 2 is 1.79 bits per heavy atom. The highest BCUT2D eigenvalue weighted by Gasteiger charge is 2.45. The number of piperidine rings is 2. The summed E-state index contributed by atoms with van der Waals surface area (Å²) in [6, 6.07) is 10.1. The van der Waals surface area contributed by atoms with Gasteiger partial charge in [-0.15, -0.1) is 0 Å². The Morgan fingerprint density at radius 3 is 2.48 bits per heavy atom. The first-order chi connectivity index (χ1) is 20.1. The van der Waals surface area contributed by atoms with Crippen LogP contribution in [-0.2, 0) is 17.7 Å². The molecule has 0 aliphatic carbocycles. The van der Waals surface area contributed by atoms with Crippen LogP contribution in [0.4, 0.5) is 15.0 Å². The number of aromatic nitrogens is 1. The van der Waals surface area contributed by atoms with E-state index in [2.05, 4.69) is 33.4 Å². The lowest BCUT2D eigenvalue weighted by Gasteiger charge is -2.43. The highest BCUT2D eigenvalue weighted by atomic mass is 19.1. The van der Waals surface area contributed by atoms with Gasteiger partial charge >= 0.3 is 6.09 Å². The van der Waals surface area contributed by atoms with Crippen LogP contribution in [0.2, 0.25) is 0 Å². The number of aliphatic hydroxyl groups excluding tert-OH is 1. The summed E-state index contributed by atoms with van der Waals surface area (Å²) < 4.78 is 20.5. The molecule has 0 saturated carbocycles. The topological polar surface area (TPSA) is 98.2 Å². The molecule has 0 spiro atoms. The fourth-order valence-corrected chi connectivity index (χ4v) is 7.30. The van der Waals surface area contributed by atoms with E-state index in [9.17, 15) is 19.1 Å². The third-order valence-corrected chi connectivity index (χ3v) is 9.24. The third-order valence-electron chi connectivity index (χ3n) is 9.24. The average Bonchev–Trinajstić information content (AvgIpc) is 3.23. The fraction of sp³-hybridized carbons (Fsp3) is 0.594. The summed E-state index contributed by atoms with van der Waals surface area (Å²) in [5.74, 6) is -0.661. The zero-order valence-corrected chi connectivity index (χ0v) is 24.8. The first kappa shape index (κ1) is 28.9. The number of aliphatic hydroxyl groups is 1. The Bertz CT molecular complexity index is 1320. The van der Waals surface area contributed by atoms with Crippen molar-refractivity contribution in [1.82, 2.24) is 19.7 Å². The van der Waals surface area contributed by atoms with E-state index in [0.717, 1.165) is 51.4 Å². The number of carbonyl (C=O) groups is 2. The number of hydrogen-bond donors (Lipinski definition) is 2. The van der Waals surface area contributed by atoms with Crippen LogP contribution in [-0.4, -0.2) is 92.3 Å². The van der Waals surface area contributed by atoms with Crippen molar-refractivity contribution < 1.29 is 23.8 Å². The quantitative estimate of drug-likeness (QED) is 0.561. The van der Waals surface area contributed by atoms with Gasteiger partial charge in [0.15, 0.2) is 5.82 Å². The van der Waals surface area contributed by atoms with Crippen molar-refractivity contribution in [3.63, 3.8) is 0 Å². The molecule has 5 heterocycles. The van der Waals surface area contributed by atoms with E-state index in [1.807, 2.05) is 31.7 Å². The van der Waals surface area contributed by atoms with E-state index in [4.69, 9.17) is 4.74 Å². The Morgan fingerprint density at radius 1 is 1.07 bits per heavy atom. The molecule has 1 aromatic heterocycles. The van der Waals surface area contributed by atoms with E-state index in [1.165, 1.54) is 17.2 Å². The van der Waals surface area contributed by atoms with E-state index >= 15 is 0 Å². The van der Waals surface area contributed by atoms with Crippen molar-refractivity contribution in [2.45, 2.75) is 102 Å². The molecule has 4 atom stereocenters. The van der Waals surface area contributed by atoms with Crippen molar-refractivity contribution >= 4 is 17.8 Å². The van der Waals surface area contributed by atoms with Gasteiger partial charge in [-0.3, -0.25) is 9.69 Å². The number of ether oxygens (including phenoxy) is 1. The normalized spacial score (nSPS) is 27.9. The van der Waals surface area contributed by atoms with Crippen LogP contribution in [0.15, 0.2) is 36.5 Å². The lowest BCUT2D eigenvalue weighted by molar-refractivity contribution is -0.0138. The van der Waals surface area contributed by atoms with Crippen LogP contribution >= 0.6 is 0 Å². The zero-order chi connectivity index (χ0) is 29.6. The number of likely N-dealkylation sites (tertiary alicyclic amines) is 1. The molecule has 4 aliphatic heterocycles. The maximum Gasteiger partial charge on any atom is 0.410 e. The molecule has 10 heteroatoms. The first-order valence-corrected chi connectivity index (χ1v) is 15.3. The molecule has 1 aromatic carbocycles. The smallest absolute Gasteiger partial charge is 0.410 e. The number of amides is 2. The maximum absolute atomic E-state index is 14.9. The molecule has 2 aromatic rings. The number of carbonyl (C=O) groups excluding carboxylic acids is 2. The molecule has 2 bridgehead atoms. The molecule has 2 amide bonds. The van der Waals surface area contributed by atoms with Gasteiger partial charge in [-0.25, -0.2) is 14.2 Å². The van der Waals surface area contributed by atoms with Crippen LogP contribution < -0.4 is 5.32 Å². The second-order valence-corrected chi connectivity index (χ2v) is 13.3. The fourth-order valence-electron chi connectivity index (χ4n) is 7.30. The van der Waals surface area contributed by atoms with Crippen LogP contribution in [0, 0.1) is 5.82 Å². The van der Waals surface area contributed by atoms with Crippen LogP contribution in [0.25, 0.3) is 0 Å². The maximum atomic E-state index is 14.9. The summed E-state index contributed by atoms with van der Waals surface area (Å²) >= 11 is 0. The van der Waals surface area contributed by atoms with Gasteiger partial charge in [-0.05, 0) is 76.5 Å². The number of nitrogens with one attached hydrogen (secondary N) is 1. The van der Waals surface area contributed by atoms with Gasteiger partial charge in [0.25, 0.3) is 5.91 Å². The molecular weight excluding hydrogens is 537 g/mol. The molecule has 0 radical (unpaired) electrons. The highest BCUT2D eigenvalue weighted by molar-refractivity contribution is 5.95. The van der Waals surface area contributed by atoms with E-state index in [-0.39, 0.29) is 42.4 Å². The summed E-state index contributed by atoms with van der Waals surface area (Å²) in [4.78, 5) is 36.2. The molecule has 6 rings (SSSR count). The largest absolute Gasteiger partial charge is 0.444 e. The van der Waals surface area contributed by atoms with Gasteiger partial charge in [0, 0.05) is 50.3 Å². The molecule has 9 nitrogen and oxygen atoms in total. The van der Waals surface area contributed by atoms with Crippen molar-refractivity contribution in [3.8, 4) is 0 Å². The van der Waals surface area contributed by atoms with Crippen LogP contribution in [0.1, 0.15) is 74.4 Å². The van der Waals surface area contributed by atoms with Gasteiger partial charge in [0.1, 0.15) is 11.4 Å². The van der Waals surface area contributed by atoms with E-state index in [1.54, 1.807) is 4.90 Å². The lowest BCUT2D eigenvalue weighted by Crippen LogP contribution is -2.56. The summed E-state index contributed by atoms with van der Waals surface area (Å²) in [7, 11) is 0. The number of rotatable bonds is 4. The van der Waals surface area contributed by atoms with Crippen molar-refractivity contribution in [3.05, 3.63) is 59.0 Å². The number of benzene rings is 1. The van der Waals surface area contributed by atoms with Crippen LogP contribution in [0.5, 0.6) is 0 Å². The summed E-state index contributed by atoms with van der Waals surface area (Å²) in [6.45, 7) is 7.90. The summed E-state index contributed by atoms with van der Waals surface area (Å²) in [5, 5.41) is 14.5. The molecule has 4 aliphatic rings. The van der Waals surface area contributed by atoms with Crippen molar-refractivity contribution in [2.75, 3.05) is 25.0 Å². The number of pyridine rings is 1. The summed E-state index contributed by atoms with van der Waals surface area (Å²) in [5.41, 5.74) is 2.06. The average molecular weight is 580 g/mol. The zero-order valence-electron chi connectivity index (χ0n) is 24.8. The standard InChI is InChI=1S/C32H42FN5O4/c1-32(2,3)42-31(41)38-23-8-9-24(38)15-22(14-23)35-29-16-25(26(33)17-34-29)30(40)37-13-11-27(28(39)19-37)36-12-10-20-6-4-5-7-21(20)18-36/h4-7,16-17,22-24,27-28,39H,8-15,18-19H2,1-3H3,(H,34,35)/t22?,23?,24?,27-,28-/m0/s1.